The lowest BCUT2D eigenvalue weighted by Gasteiger charge is -2.21. The molecule has 0 radical (unpaired) electrons. The fourth-order valence-corrected chi connectivity index (χ4v) is 3.17. The van der Waals surface area contributed by atoms with Gasteiger partial charge in [-0.05, 0) is 36.6 Å². The molecule has 3 rings (SSSR count). The zero-order valence-electron chi connectivity index (χ0n) is 14.0. The first-order valence-corrected chi connectivity index (χ1v) is 8.09. The Kier molecular flexibility index (Phi) is 4.60. The van der Waals surface area contributed by atoms with Crippen LogP contribution < -0.4 is 10.2 Å². The number of rotatable bonds is 4. The lowest BCUT2D eigenvalue weighted by atomic mass is 10.1. The SMILES string of the molecule is Cc1cccc(C)c1N1CC(C(=O)NCc2cccnc2)CC1=O. The lowest BCUT2D eigenvalue weighted by Crippen LogP contribution is -2.33. The van der Waals surface area contributed by atoms with Crippen LogP contribution in [0.1, 0.15) is 23.1 Å². The van der Waals surface area contributed by atoms with E-state index < -0.39 is 0 Å². The van der Waals surface area contributed by atoms with E-state index in [0.717, 1.165) is 22.4 Å². The number of amides is 2. The Bertz CT molecular complexity index is 738. The van der Waals surface area contributed by atoms with Crippen molar-refractivity contribution in [1.82, 2.24) is 10.3 Å². The molecule has 1 atom stereocenters. The number of carbonyl (C=O) groups excluding carboxylic acids is 2. The molecule has 5 nitrogen and oxygen atoms in total. The third-order valence-corrected chi connectivity index (χ3v) is 4.39. The third-order valence-electron chi connectivity index (χ3n) is 4.39. The van der Waals surface area contributed by atoms with Crippen LogP contribution in [-0.4, -0.2) is 23.3 Å². The van der Waals surface area contributed by atoms with Crippen LogP contribution in [0.25, 0.3) is 0 Å². The molecule has 24 heavy (non-hydrogen) atoms. The number of aromatic nitrogens is 1. The van der Waals surface area contributed by atoms with Crippen LogP contribution in [0.5, 0.6) is 0 Å². The number of hydrogen-bond donors (Lipinski definition) is 1. The number of anilines is 1. The van der Waals surface area contributed by atoms with E-state index in [4.69, 9.17) is 0 Å². The number of nitrogens with one attached hydrogen (secondary N) is 1. The van der Waals surface area contributed by atoms with Crippen LogP contribution in [-0.2, 0) is 16.1 Å². The molecule has 2 amide bonds. The van der Waals surface area contributed by atoms with Gasteiger partial charge in [0.15, 0.2) is 0 Å². The monoisotopic (exact) mass is 323 g/mol. The number of nitrogens with zero attached hydrogens (tertiary/aromatic N) is 2. The van der Waals surface area contributed by atoms with E-state index in [-0.39, 0.29) is 24.2 Å². The first-order chi connectivity index (χ1) is 11.6. The van der Waals surface area contributed by atoms with Gasteiger partial charge in [-0.2, -0.15) is 0 Å². The highest BCUT2D eigenvalue weighted by Crippen LogP contribution is 2.30. The van der Waals surface area contributed by atoms with Crippen molar-refractivity contribution in [2.24, 2.45) is 5.92 Å². The predicted molar refractivity (Wildman–Crippen MR) is 92.5 cm³/mol. The molecular formula is C19H21N3O2. The second kappa shape index (κ2) is 6.83. The van der Waals surface area contributed by atoms with Gasteiger partial charge in [-0.15, -0.1) is 0 Å². The Morgan fingerprint density at radius 2 is 2.00 bits per heavy atom. The molecule has 1 aromatic heterocycles. The second-order valence-corrected chi connectivity index (χ2v) is 6.22. The first kappa shape index (κ1) is 16.2. The number of hydrogen-bond acceptors (Lipinski definition) is 3. The summed E-state index contributed by atoms with van der Waals surface area (Å²) >= 11 is 0. The highest BCUT2D eigenvalue weighted by atomic mass is 16.2. The van der Waals surface area contributed by atoms with Gasteiger partial charge in [-0.3, -0.25) is 14.6 Å². The molecule has 124 valence electrons. The van der Waals surface area contributed by atoms with E-state index in [0.29, 0.717) is 13.1 Å². The zero-order chi connectivity index (χ0) is 17.1. The lowest BCUT2D eigenvalue weighted by molar-refractivity contribution is -0.126. The normalized spacial score (nSPS) is 17.2. The van der Waals surface area contributed by atoms with Crippen LogP contribution in [0.4, 0.5) is 5.69 Å². The van der Waals surface area contributed by atoms with Crippen LogP contribution in [0.3, 0.4) is 0 Å². The average Bonchev–Trinajstić information content (AvgIpc) is 2.95. The fraction of sp³-hybridized carbons (Fsp3) is 0.316. The molecular weight excluding hydrogens is 302 g/mol. The summed E-state index contributed by atoms with van der Waals surface area (Å²) in [6.45, 7) is 4.85. The minimum Gasteiger partial charge on any atom is -0.352 e. The molecule has 0 aliphatic carbocycles. The number of pyridine rings is 1. The minimum absolute atomic E-state index is 0.00827. The summed E-state index contributed by atoms with van der Waals surface area (Å²) in [6.07, 6.45) is 3.68. The molecule has 1 aromatic carbocycles. The first-order valence-electron chi connectivity index (χ1n) is 8.09. The summed E-state index contributed by atoms with van der Waals surface area (Å²) in [6, 6.07) is 9.71. The van der Waals surface area contributed by atoms with Gasteiger partial charge in [-0.1, -0.05) is 24.3 Å². The van der Waals surface area contributed by atoms with E-state index in [1.165, 1.54) is 0 Å². The van der Waals surface area contributed by atoms with Gasteiger partial charge < -0.3 is 10.2 Å². The number of para-hydroxylation sites is 1. The van der Waals surface area contributed by atoms with E-state index in [2.05, 4.69) is 10.3 Å². The highest BCUT2D eigenvalue weighted by Gasteiger charge is 2.36. The molecule has 1 aliphatic rings. The molecule has 0 saturated carbocycles. The third kappa shape index (κ3) is 3.30. The smallest absolute Gasteiger partial charge is 0.227 e. The van der Waals surface area contributed by atoms with Crippen molar-refractivity contribution in [3.8, 4) is 0 Å². The number of carbonyl (C=O) groups is 2. The fourth-order valence-electron chi connectivity index (χ4n) is 3.17. The topological polar surface area (TPSA) is 62.3 Å². The molecule has 1 aliphatic heterocycles. The van der Waals surface area contributed by atoms with Crippen molar-refractivity contribution >= 4 is 17.5 Å². The summed E-state index contributed by atoms with van der Waals surface area (Å²) in [5, 5.41) is 2.90. The molecule has 1 fully saturated rings. The Balaban J connectivity index is 1.67. The molecule has 1 saturated heterocycles. The Hall–Kier alpha value is -2.69. The minimum atomic E-state index is -0.312. The van der Waals surface area contributed by atoms with E-state index in [1.807, 2.05) is 44.2 Å². The largest absolute Gasteiger partial charge is 0.352 e. The summed E-state index contributed by atoms with van der Waals surface area (Å²) in [7, 11) is 0. The summed E-state index contributed by atoms with van der Waals surface area (Å²) in [4.78, 5) is 30.6. The van der Waals surface area contributed by atoms with Crippen molar-refractivity contribution in [3.63, 3.8) is 0 Å². The van der Waals surface area contributed by atoms with E-state index in [9.17, 15) is 9.59 Å². The maximum atomic E-state index is 12.4. The summed E-state index contributed by atoms with van der Waals surface area (Å²) < 4.78 is 0. The Morgan fingerprint density at radius 3 is 2.67 bits per heavy atom. The molecule has 1 unspecified atom stereocenters. The van der Waals surface area contributed by atoms with Gasteiger partial charge in [0.05, 0.1) is 5.92 Å². The van der Waals surface area contributed by atoms with Gasteiger partial charge in [0.1, 0.15) is 0 Å². The average molecular weight is 323 g/mol. The molecule has 0 bridgehead atoms. The summed E-state index contributed by atoms with van der Waals surface area (Å²) in [5.41, 5.74) is 3.99. The van der Waals surface area contributed by atoms with E-state index >= 15 is 0 Å². The quantitative estimate of drug-likeness (QED) is 0.939. The van der Waals surface area contributed by atoms with Crippen molar-refractivity contribution in [3.05, 3.63) is 59.4 Å². The van der Waals surface area contributed by atoms with Crippen LogP contribution >= 0.6 is 0 Å². The highest BCUT2D eigenvalue weighted by molar-refractivity contribution is 6.01. The predicted octanol–water partition coefficient (Wildman–Crippen LogP) is 2.37. The number of benzene rings is 1. The molecule has 0 spiro atoms. The van der Waals surface area contributed by atoms with Crippen molar-refractivity contribution in [1.29, 1.82) is 0 Å². The van der Waals surface area contributed by atoms with Crippen molar-refractivity contribution in [2.45, 2.75) is 26.8 Å². The van der Waals surface area contributed by atoms with Crippen molar-refractivity contribution < 1.29 is 9.59 Å². The molecule has 2 heterocycles. The van der Waals surface area contributed by atoms with Crippen LogP contribution in [0, 0.1) is 19.8 Å². The maximum absolute atomic E-state index is 12.4. The van der Waals surface area contributed by atoms with Crippen molar-refractivity contribution in [2.75, 3.05) is 11.4 Å². The standard InChI is InChI=1S/C19H21N3O2/c1-13-5-3-6-14(2)18(13)22-12-16(9-17(22)23)19(24)21-11-15-7-4-8-20-10-15/h3-8,10,16H,9,11-12H2,1-2H3,(H,21,24). The molecule has 1 N–H and O–H groups in total. The van der Waals surface area contributed by atoms with Gasteiger partial charge in [0.25, 0.3) is 0 Å². The number of aryl methyl sites for hydroxylation is 2. The Morgan fingerprint density at radius 1 is 1.25 bits per heavy atom. The van der Waals surface area contributed by atoms with Crippen LogP contribution in [0.2, 0.25) is 0 Å². The zero-order valence-corrected chi connectivity index (χ0v) is 14.0. The summed E-state index contributed by atoms with van der Waals surface area (Å²) in [5.74, 6) is -0.386. The molecule has 5 heteroatoms. The second-order valence-electron chi connectivity index (χ2n) is 6.22. The Labute approximate surface area is 141 Å². The van der Waals surface area contributed by atoms with E-state index in [1.54, 1.807) is 17.3 Å². The maximum Gasteiger partial charge on any atom is 0.227 e. The molecule has 2 aromatic rings. The van der Waals surface area contributed by atoms with Gasteiger partial charge >= 0.3 is 0 Å². The van der Waals surface area contributed by atoms with Gasteiger partial charge in [0, 0.05) is 37.6 Å². The van der Waals surface area contributed by atoms with Crippen LogP contribution in [0.15, 0.2) is 42.7 Å². The van der Waals surface area contributed by atoms with Gasteiger partial charge in [0.2, 0.25) is 11.8 Å². The van der Waals surface area contributed by atoms with Gasteiger partial charge in [-0.25, -0.2) is 0 Å².